The Morgan fingerprint density at radius 1 is 1.10 bits per heavy atom. The van der Waals surface area contributed by atoms with Gasteiger partial charge < -0.3 is 5.32 Å². The molecule has 1 amide bonds. The van der Waals surface area contributed by atoms with E-state index in [0.717, 1.165) is 44.3 Å². The number of rotatable bonds is 4. The molecule has 1 heterocycles. The molecule has 3 rings (SSSR count). The predicted molar refractivity (Wildman–Crippen MR) is 80.3 cm³/mol. The maximum absolute atomic E-state index is 13.2. The van der Waals surface area contributed by atoms with Gasteiger partial charge in [0.25, 0.3) is 0 Å². The number of halogens is 1. The van der Waals surface area contributed by atoms with Crippen LogP contribution in [0.15, 0.2) is 24.3 Å². The van der Waals surface area contributed by atoms with Crippen molar-refractivity contribution < 1.29 is 9.18 Å². The molecule has 1 aliphatic heterocycles. The van der Waals surface area contributed by atoms with E-state index < -0.39 is 0 Å². The van der Waals surface area contributed by atoms with Gasteiger partial charge in [-0.1, -0.05) is 18.6 Å². The number of nitrogens with one attached hydrogen (secondary N) is 1. The SMILES string of the molecule is O=C(NC1CCC1)C(c1ccc(F)cc1)N1CCCCC1. The van der Waals surface area contributed by atoms with E-state index in [0.29, 0.717) is 6.04 Å². The largest absolute Gasteiger partial charge is 0.352 e. The molecule has 2 fully saturated rings. The zero-order chi connectivity index (χ0) is 14.7. The molecule has 1 saturated heterocycles. The number of hydrogen-bond acceptors (Lipinski definition) is 2. The summed E-state index contributed by atoms with van der Waals surface area (Å²) < 4.78 is 13.2. The Kier molecular flexibility index (Phi) is 4.54. The molecule has 0 aromatic heterocycles. The van der Waals surface area contributed by atoms with E-state index >= 15 is 0 Å². The highest BCUT2D eigenvalue weighted by atomic mass is 19.1. The maximum Gasteiger partial charge on any atom is 0.242 e. The molecule has 2 aliphatic rings. The van der Waals surface area contributed by atoms with Crippen LogP contribution in [0.4, 0.5) is 4.39 Å². The highest BCUT2D eigenvalue weighted by molar-refractivity contribution is 5.83. The molecule has 1 atom stereocenters. The van der Waals surface area contributed by atoms with Crippen molar-refractivity contribution in [2.24, 2.45) is 0 Å². The standard InChI is InChI=1S/C17H23FN2O/c18-14-9-7-13(8-10-14)16(20-11-2-1-3-12-20)17(21)19-15-5-4-6-15/h7-10,15-16H,1-6,11-12H2,(H,19,21). The van der Waals surface area contributed by atoms with Crippen molar-refractivity contribution in [2.45, 2.75) is 50.6 Å². The molecule has 1 N–H and O–H groups in total. The predicted octanol–water partition coefficient (Wildman–Crippen LogP) is 3.02. The molecule has 0 radical (unpaired) electrons. The molecule has 1 aromatic carbocycles. The fraction of sp³-hybridized carbons (Fsp3) is 0.588. The number of piperidine rings is 1. The molecule has 1 unspecified atom stereocenters. The Morgan fingerprint density at radius 3 is 2.33 bits per heavy atom. The first-order valence-electron chi connectivity index (χ1n) is 8.04. The summed E-state index contributed by atoms with van der Waals surface area (Å²) in [6.07, 6.45) is 6.87. The molecule has 1 saturated carbocycles. The summed E-state index contributed by atoms with van der Waals surface area (Å²) in [5.41, 5.74) is 0.898. The van der Waals surface area contributed by atoms with Gasteiger partial charge in [-0.3, -0.25) is 9.69 Å². The molecule has 0 spiro atoms. The van der Waals surface area contributed by atoms with Crippen molar-refractivity contribution in [3.63, 3.8) is 0 Å². The molecule has 21 heavy (non-hydrogen) atoms. The van der Waals surface area contributed by atoms with Crippen molar-refractivity contribution in [2.75, 3.05) is 13.1 Å². The molecule has 1 aliphatic carbocycles. The zero-order valence-electron chi connectivity index (χ0n) is 12.4. The van der Waals surface area contributed by atoms with Crippen LogP contribution in [0.25, 0.3) is 0 Å². The lowest BCUT2D eigenvalue weighted by Crippen LogP contribution is -2.47. The Hall–Kier alpha value is -1.42. The third kappa shape index (κ3) is 3.43. The van der Waals surface area contributed by atoms with Crippen LogP contribution in [0.5, 0.6) is 0 Å². The van der Waals surface area contributed by atoms with Gasteiger partial charge in [-0.25, -0.2) is 4.39 Å². The van der Waals surface area contributed by atoms with Crippen molar-refractivity contribution in [1.29, 1.82) is 0 Å². The Morgan fingerprint density at radius 2 is 1.76 bits per heavy atom. The van der Waals surface area contributed by atoms with Gasteiger partial charge in [0, 0.05) is 6.04 Å². The number of carbonyl (C=O) groups excluding carboxylic acids is 1. The number of benzene rings is 1. The summed E-state index contributed by atoms with van der Waals surface area (Å²) in [5.74, 6) is -0.177. The average molecular weight is 290 g/mol. The van der Waals surface area contributed by atoms with Gasteiger partial charge in [0.2, 0.25) is 5.91 Å². The molecule has 3 nitrogen and oxygen atoms in total. The minimum absolute atomic E-state index is 0.0770. The fourth-order valence-corrected chi connectivity index (χ4v) is 3.18. The number of hydrogen-bond donors (Lipinski definition) is 1. The van der Waals surface area contributed by atoms with Crippen LogP contribution in [0.2, 0.25) is 0 Å². The first kappa shape index (κ1) is 14.5. The van der Waals surface area contributed by atoms with Crippen LogP contribution >= 0.6 is 0 Å². The molecule has 114 valence electrons. The van der Waals surface area contributed by atoms with E-state index in [-0.39, 0.29) is 17.8 Å². The van der Waals surface area contributed by atoms with E-state index in [1.165, 1.54) is 25.0 Å². The average Bonchev–Trinajstić information content (AvgIpc) is 2.46. The minimum Gasteiger partial charge on any atom is -0.352 e. The number of likely N-dealkylation sites (tertiary alicyclic amines) is 1. The van der Waals surface area contributed by atoms with Gasteiger partial charge in [0.05, 0.1) is 0 Å². The second kappa shape index (κ2) is 6.56. The van der Waals surface area contributed by atoms with Crippen LogP contribution in [0.3, 0.4) is 0 Å². The zero-order valence-corrected chi connectivity index (χ0v) is 12.4. The molecular formula is C17H23FN2O. The quantitative estimate of drug-likeness (QED) is 0.924. The van der Waals surface area contributed by atoms with Crippen molar-refractivity contribution >= 4 is 5.91 Å². The van der Waals surface area contributed by atoms with Crippen molar-refractivity contribution in [1.82, 2.24) is 10.2 Å². The monoisotopic (exact) mass is 290 g/mol. The van der Waals surface area contributed by atoms with E-state index in [9.17, 15) is 9.18 Å². The van der Waals surface area contributed by atoms with E-state index in [1.54, 1.807) is 12.1 Å². The van der Waals surface area contributed by atoms with Crippen LogP contribution < -0.4 is 5.32 Å². The smallest absolute Gasteiger partial charge is 0.242 e. The Balaban J connectivity index is 1.78. The lowest BCUT2D eigenvalue weighted by molar-refractivity contribution is -0.128. The third-order valence-corrected chi connectivity index (χ3v) is 4.64. The molecular weight excluding hydrogens is 267 g/mol. The number of nitrogens with zero attached hydrogens (tertiary/aromatic N) is 1. The highest BCUT2D eigenvalue weighted by Crippen LogP contribution is 2.27. The Labute approximate surface area is 125 Å². The third-order valence-electron chi connectivity index (χ3n) is 4.64. The normalized spacial score (nSPS) is 21.6. The van der Waals surface area contributed by atoms with E-state index in [4.69, 9.17) is 0 Å². The molecule has 1 aromatic rings. The molecule has 4 heteroatoms. The van der Waals surface area contributed by atoms with Gasteiger partial charge in [-0.05, 0) is 62.9 Å². The summed E-state index contributed by atoms with van der Waals surface area (Å²) in [5, 5.41) is 3.15. The maximum atomic E-state index is 13.2. The Bertz CT molecular complexity index is 478. The second-order valence-electron chi connectivity index (χ2n) is 6.19. The van der Waals surface area contributed by atoms with Crippen LogP contribution in [0, 0.1) is 5.82 Å². The van der Waals surface area contributed by atoms with Crippen molar-refractivity contribution in [3.8, 4) is 0 Å². The highest BCUT2D eigenvalue weighted by Gasteiger charge is 2.31. The number of amides is 1. The van der Waals surface area contributed by atoms with Crippen molar-refractivity contribution in [3.05, 3.63) is 35.6 Å². The lowest BCUT2D eigenvalue weighted by Gasteiger charge is -2.36. The van der Waals surface area contributed by atoms with Gasteiger partial charge >= 0.3 is 0 Å². The summed E-state index contributed by atoms with van der Waals surface area (Å²) in [4.78, 5) is 14.9. The van der Waals surface area contributed by atoms with E-state index in [2.05, 4.69) is 10.2 Å². The summed E-state index contributed by atoms with van der Waals surface area (Å²) in [7, 11) is 0. The van der Waals surface area contributed by atoms with Crippen LogP contribution in [0.1, 0.15) is 50.1 Å². The summed E-state index contributed by atoms with van der Waals surface area (Å²) in [6, 6.07) is 6.45. The van der Waals surface area contributed by atoms with Gasteiger partial charge in [-0.2, -0.15) is 0 Å². The van der Waals surface area contributed by atoms with E-state index in [1.807, 2.05) is 0 Å². The number of carbonyl (C=O) groups is 1. The van der Waals surface area contributed by atoms with Crippen LogP contribution in [-0.2, 0) is 4.79 Å². The van der Waals surface area contributed by atoms with Crippen LogP contribution in [-0.4, -0.2) is 29.9 Å². The van der Waals surface area contributed by atoms with Gasteiger partial charge in [-0.15, -0.1) is 0 Å². The second-order valence-corrected chi connectivity index (χ2v) is 6.19. The summed E-state index contributed by atoms with van der Waals surface area (Å²) in [6.45, 7) is 1.89. The topological polar surface area (TPSA) is 32.3 Å². The fourth-order valence-electron chi connectivity index (χ4n) is 3.18. The first-order chi connectivity index (χ1) is 10.2. The minimum atomic E-state index is -0.272. The van der Waals surface area contributed by atoms with Gasteiger partial charge in [0.15, 0.2) is 0 Å². The summed E-state index contributed by atoms with van der Waals surface area (Å²) >= 11 is 0. The first-order valence-corrected chi connectivity index (χ1v) is 8.04. The van der Waals surface area contributed by atoms with Gasteiger partial charge in [0.1, 0.15) is 11.9 Å². The lowest BCUT2D eigenvalue weighted by atomic mass is 9.92. The molecule has 0 bridgehead atoms.